The molecular weight excluding hydrogens is 454 g/mol. The van der Waals surface area contributed by atoms with Crippen LogP contribution in [0.1, 0.15) is 49.1 Å². The molecule has 1 unspecified atom stereocenters. The van der Waals surface area contributed by atoms with Gasteiger partial charge in [-0.1, -0.05) is 30.3 Å². The Kier molecular flexibility index (Phi) is 7.15. The predicted molar refractivity (Wildman–Crippen MR) is 141 cm³/mol. The molecule has 1 N–H and O–H groups in total. The van der Waals surface area contributed by atoms with Gasteiger partial charge in [-0.2, -0.15) is 0 Å². The smallest absolute Gasteiger partial charge is 0.300 e. The number of carbonyl (C=O) groups excluding carboxylic acids is 2. The molecule has 0 radical (unpaired) electrons. The van der Waals surface area contributed by atoms with Crippen LogP contribution in [-0.2, 0) is 9.59 Å². The molecule has 4 rings (SSSR count). The first kappa shape index (κ1) is 25.0. The number of rotatable bonds is 7. The van der Waals surface area contributed by atoms with Gasteiger partial charge in [-0.15, -0.1) is 0 Å². The standard InChI is InChI=1S/C30H31NO5/c1-6-35-23-12-9-11-21(17-23)27-26(28(32)22-14-15-25(20(5)16-22)36-18(2)3)29(33)30(34)31(27)24-13-8-7-10-19(24)4/h7-18,27,32H,6H2,1-5H3/b28-26+. The summed E-state index contributed by atoms with van der Waals surface area (Å²) >= 11 is 0. The maximum absolute atomic E-state index is 13.4. The highest BCUT2D eigenvalue weighted by molar-refractivity contribution is 6.51. The van der Waals surface area contributed by atoms with Crippen molar-refractivity contribution in [3.05, 3.63) is 94.6 Å². The van der Waals surface area contributed by atoms with Crippen molar-refractivity contribution >= 4 is 23.1 Å². The molecule has 1 aliphatic rings. The molecule has 36 heavy (non-hydrogen) atoms. The number of aliphatic hydroxyl groups is 1. The Labute approximate surface area is 211 Å². The van der Waals surface area contributed by atoms with E-state index in [0.29, 0.717) is 34.9 Å². The van der Waals surface area contributed by atoms with Crippen molar-refractivity contribution in [2.45, 2.75) is 46.8 Å². The minimum absolute atomic E-state index is 0.000185. The monoisotopic (exact) mass is 485 g/mol. The van der Waals surface area contributed by atoms with E-state index in [1.165, 1.54) is 4.90 Å². The lowest BCUT2D eigenvalue weighted by Gasteiger charge is -2.27. The Bertz CT molecular complexity index is 1340. The van der Waals surface area contributed by atoms with Crippen molar-refractivity contribution in [2.75, 3.05) is 11.5 Å². The van der Waals surface area contributed by atoms with E-state index in [9.17, 15) is 14.7 Å². The molecule has 0 aromatic heterocycles. The number of nitrogens with zero attached hydrogens (tertiary/aromatic N) is 1. The van der Waals surface area contributed by atoms with Crippen molar-refractivity contribution in [2.24, 2.45) is 0 Å². The van der Waals surface area contributed by atoms with Crippen LogP contribution in [0.15, 0.2) is 72.3 Å². The highest BCUT2D eigenvalue weighted by Crippen LogP contribution is 2.44. The third-order valence-corrected chi connectivity index (χ3v) is 6.12. The highest BCUT2D eigenvalue weighted by atomic mass is 16.5. The van der Waals surface area contributed by atoms with Crippen LogP contribution in [0.5, 0.6) is 11.5 Å². The molecule has 0 spiro atoms. The van der Waals surface area contributed by atoms with Gasteiger partial charge < -0.3 is 14.6 Å². The molecule has 1 atom stereocenters. The molecule has 1 fully saturated rings. The number of Topliss-reactive ketones (excluding diaryl/α,β-unsaturated/α-hetero) is 1. The van der Waals surface area contributed by atoms with Crippen molar-refractivity contribution in [1.82, 2.24) is 0 Å². The fourth-order valence-corrected chi connectivity index (χ4v) is 4.51. The average Bonchev–Trinajstić information content (AvgIpc) is 3.11. The number of benzene rings is 3. The Hall–Kier alpha value is -4.06. The zero-order valence-corrected chi connectivity index (χ0v) is 21.2. The van der Waals surface area contributed by atoms with Gasteiger partial charge in [-0.05, 0) is 87.7 Å². The number of carbonyl (C=O) groups is 2. The summed E-state index contributed by atoms with van der Waals surface area (Å²) in [6.45, 7) is 10.0. The van der Waals surface area contributed by atoms with E-state index in [1.807, 2.05) is 83.1 Å². The van der Waals surface area contributed by atoms with Crippen molar-refractivity contribution in [3.8, 4) is 11.5 Å². The van der Waals surface area contributed by atoms with Gasteiger partial charge in [0.1, 0.15) is 17.3 Å². The van der Waals surface area contributed by atoms with Gasteiger partial charge in [0.05, 0.1) is 24.3 Å². The lowest BCUT2D eigenvalue weighted by Crippen LogP contribution is -2.30. The molecule has 6 heteroatoms. The van der Waals surface area contributed by atoms with E-state index in [0.717, 1.165) is 11.1 Å². The van der Waals surface area contributed by atoms with E-state index >= 15 is 0 Å². The first-order chi connectivity index (χ1) is 17.2. The number of aryl methyl sites for hydroxylation is 2. The lowest BCUT2D eigenvalue weighted by molar-refractivity contribution is -0.132. The van der Waals surface area contributed by atoms with Crippen LogP contribution in [0.2, 0.25) is 0 Å². The number of ether oxygens (including phenoxy) is 2. The molecular formula is C30H31NO5. The fraction of sp³-hybridized carbons (Fsp3) is 0.267. The second-order valence-electron chi connectivity index (χ2n) is 9.11. The second kappa shape index (κ2) is 10.3. The molecule has 1 saturated heterocycles. The number of hydrogen-bond acceptors (Lipinski definition) is 5. The predicted octanol–water partition coefficient (Wildman–Crippen LogP) is 6.12. The van der Waals surface area contributed by atoms with Gasteiger partial charge in [-0.25, -0.2) is 0 Å². The zero-order valence-electron chi connectivity index (χ0n) is 21.2. The third kappa shape index (κ3) is 4.71. The van der Waals surface area contributed by atoms with Crippen molar-refractivity contribution < 1.29 is 24.2 Å². The van der Waals surface area contributed by atoms with Crippen molar-refractivity contribution in [3.63, 3.8) is 0 Å². The summed E-state index contributed by atoms with van der Waals surface area (Å²) in [6.07, 6.45) is 0.000185. The summed E-state index contributed by atoms with van der Waals surface area (Å²) in [5.74, 6) is -0.327. The molecule has 0 saturated carbocycles. The van der Waals surface area contributed by atoms with Gasteiger partial charge >= 0.3 is 0 Å². The van der Waals surface area contributed by atoms with Crippen LogP contribution in [-0.4, -0.2) is 29.5 Å². The van der Waals surface area contributed by atoms with E-state index in [2.05, 4.69) is 0 Å². The van der Waals surface area contributed by atoms with Crippen molar-refractivity contribution in [1.29, 1.82) is 0 Å². The number of para-hydroxylation sites is 1. The third-order valence-electron chi connectivity index (χ3n) is 6.12. The molecule has 3 aromatic rings. The van der Waals surface area contributed by atoms with Gasteiger partial charge in [0.15, 0.2) is 0 Å². The van der Waals surface area contributed by atoms with Crippen LogP contribution < -0.4 is 14.4 Å². The van der Waals surface area contributed by atoms with E-state index in [4.69, 9.17) is 9.47 Å². The van der Waals surface area contributed by atoms with E-state index < -0.39 is 17.7 Å². The Morgan fingerprint density at radius 3 is 2.39 bits per heavy atom. The van der Waals surface area contributed by atoms with Crippen LogP contribution in [0.4, 0.5) is 5.69 Å². The summed E-state index contributed by atoms with van der Waals surface area (Å²) in [4.78, 5) is 28.3. The summed E-state index contributed by atoms with van der Waals surface area (Å²) < 4.78 is 11.5. The van der Waals surface area contributed by atoms with E-state index in [1.54, 1.807) is 18.2 Å². The van der Waals surface area contributed by atoms with Crippen LogP contribution in [0, 0.1) is 13.8 Å². The number of hydrogen-bond donors (Lipinski definition) is 1. The average molecular weight is 486 g/mol. The highest BCUT2D eigenvalue weighted by Gasteiger charge is 2.47. The van der Waals surface area contributed by atoms with Crippen LogP contribution in [0.3, 0.4) is 0 Å². The summed E-state index contributed by atoms with van der Waals surface area (Å²) in [5, 5.41) is 11.5. The molecule has 1 amide bonds. The number of aliphatic hydroxyl groups excluding tert-OH is 1. The topological polar surface area (TPSA) is 76.1 Å². The first-order valence-corrected chi connectivity index (χ1v) is 12.1. The van der Waals surface area contributed by atoms with Crippen LogP contribution >= 0.6 is 0 Å². The minimum atomic E-state index is -0.821. The molecule has 1 aliphatic heterocycles. The second-order valence-corrected chi connectivity index (χ2v) is 9.11. The Morgan fingerprint density at radius 1 is 0.972 bits per heavy atom. The largest absolute Gasteiger partial charge is 0.507 e. The fourth-order valence-electron chi connectivity index (χ4n) is 4.51. The molecule has 0 aliphatic carbocycles. The molecule has 0 bridgehead atoms. The summed E-state index contributed by atoms with van der Waals surface area (Å²) in [5.41, 5.74) is 3.42. The van der Waals surface area contributed by atoms with E-state index in [-0.39, 0.29) is 17.4 Å². The number of ketones is 1. The minimum Gasteiger partial charge on any atom is -0.507 e. The number of anilines is 1. The maximum atomic E-state index is 13.4. The molecule has 3 aromatic carbocycles. The quantitative estimate of drug-likeness (QED) is 0.248. The van der Waals surface area contributed by atoms with Crippen LogP contribution in [0.25, 0.3) is 5.76 Å². The molecule has 6 nitrogen and oxygen atoms in total. The summed E-state index contributed by atoms with van der Waals surface area (Å²) in [6, 6.07) is 19.1. The lowest BCUT2D eigenvalue weighted by atomic mass is 9.94. The van der Waals surface area contributed by atoms with Gasteiger partial charge in [0.2, 0.25) is 0 Å². The van der Waals surface area contributed by atoms with Gasteiger partial charge in [0.25, 0.3) is 11.7 Å². The Balaban J connectivity index is 1.92. The molecule has 1 heterocycles. The maximum Gasteiger partial charge on any atom is 0.300 e. The van der Waals surface area contributed by atoms with Gasteiger partial charge in [-0.3, -0.25) is 14.5 Å². The normalized spacial score (nSPS) is 17.1. The molecule has 186 valence electrons. The Morgan fingerprint density at radius 2 is 1.72 bits per heavy atom. The van der Waals surface area contributed by atoms with Gasteiger partial charge in [0, 0.05) is 11.3 Å². The zero-order chi connectivity index (χ0) is 26.0. The summed E-state index contributed by atoms with van der Waals surface area (Å²) in [7, 11) is 0. The first-order valence-electron chi connectivity index (χ1n) is 12.1. The number of amides is 1. The SMILES string of the molecule is CCOc1cccc(C2/C(=C(\O)c3ccc(OC(C)C)c(C)c3)C(=O)C(=O)N2c2ccccc2C)c1.